The molecule has 0 heterocycles. The van der Waals surface area contributed by atoms with E-state index in [-0.39, 0.29) is 12.6 Å². The molecule has 0 spiro atoms. The van der Waals surface area contributed by atoms with Crippen molar-refractivity contribution in [3.63, 3.8) is 0 Å². The van der Waals surface area contributed by atoms with Crippen LogP contribution in [-0.2, 0) is 16.1 Å². The number of halogens is 1. The monoisotopic (exact) mass is 377 g/mol. The molecule has 1 aromatic rings. The van der Waals surface area contributed by atoms with Crippen molar-refractivity contribution in [1.82, 2.24) is 5.32 Å². The summed E-state index contributed by atoms with van der Waals surface area (Å²) in [7, 11) is 0. The molecule has 1 N–H and O–H groups in total. The Morgan fingerprint density at radius 2 is 2.17 bits per heavy atom. The number of amides is 1. The van der Waals surface area contributed by atoms with E-state index in [9.17, 15) is 9.59 Å². The van der Waals surface area contributed by atoms with Crippen molar-refractivity contribution in [2.45, 2.75) is 42.7 Å². The van der Waals surface area contributed by atoms with Crippen LogP contribution in [0.3, 0.4) is 0 Å². The van der Waals surface area contributed by atoms with E-state index in [0.29, 0.717) is 5.92 Å². The SMILES string of the molecule is O=C[C@]1(Br)C[C@@H]2CCCC2=C[C@@H]1NC(=O)OCc1ccccc1. The summed E-state index contributed by atoms with van der Waals surface area (Å²) in [5.41, 5.74) is 2.29. The number of allylic oxidation sites excluding steroid dienone is 1. The minimum Gasteiger partial charge on any atom is -0.445 e. The maximum atomic E-state index is 12.1. The van der Waals surface area contributed by atoms with Gasteiger partial charge < -0.3 is 14.8 Å². The van der Waals surface area contributed by atoms with Crippen molar-refractivity contribution >= 4 is 28.3 Å². The number of hydrogen-bond acceptors (Lipinski definition) is 3. The van der Waals surface area contributed by atoms with E-state index < -0.39 is 10.4 Å². The van der Waals surface area contributed by atoms with Crippen LogP contribution in [0.2, 0.25) is 0 Å². The molecule has 0 radical (unpaired) electrons. The molecule has 0 saturated heterocycles. The van der Waals surface area contributed by atoms with E-state index in [4.69, 9.17) is 4.74 Å². The van der Waals surface area contributed by atoms with E-state index in [2.05, 4.69) is 21.2 Å². The third-order valence-electron chi connectivity index (χ3n) is 4.68. The van der Waals surface area contributed by atoms with Gasteiger partial charge in [-0.25, -0.2) is 4.79 Å². The number of fused-ring (bicyclic) bond motifs is 1. The van der Waals surface area contributed by atoms with Crippen molar-refractivity contribution in [2.24, 2.45) is 5.92 Å². The van der Waals surface area contributed by atoms with Crippen LogP contribution >= 0.6 is 15.9 Å². The van der Waals surface area contributed by atoms with Crippen LogP contribution < -0.4 is 5.32 Å². The highest BCUT2D eigenvalue weighted by Crippen LogP contribution is 2.44. The van der Waals surface area contributed by atoms with Crippen LogP contribution in [-0.4, -0.2) is 22.7 Å². The van der Waals surface area contributed by atoms with E-state index in [1.54, 1.807) is 0 Å². The Morgan fingerprint density at radius 1 is 1.39 bits per heavy atom. The number of alkyl halides is 1. The van der Waals surface area contributed by atoms with E-state index >= 15 is 0 Å². The van der Waals surface area contributed by atoms with Gasteiger partial charge in [0.25, 0.3) is 0 Å². The quantitative estimate of drug-likeness (QED) is 0.493. The Kier molecular flexibility index (Phi) is 4.85. The molecule has 1 aromatic carbocycles. The molecule has 1 fully saturated rings. The zero-order valence-corrected chi connectivity index (χ0v) is 14.4. The molecule has 4 nitrogen and oxygen atoms in total. The summed E-state index contributed by atoms with van der Waals surface area (Å²) in [5, 5.41) is 2.83. The second-order valence-corrected chi connectivity index (χ2v) is 7.74. The topological polar surface area (TPSA) is 55.4 Å². The third kappa shape index (κ3) is 3.66. The van der Waals surface area contributed by atoms with Crippen LogP contribution in [0.4, 0.5) is 4.79 Å². The predicted molar refractivity (Wildman–Crippen MR) is 91.3 cm³/mol. The van der Waals surface area contributed by atoms with Gasteiger partial charge in [-0.2, -0.15) is 0 Å². The first kappa shape index (κ1) is 16.2. The minimum atomic E-state index is -0.739. The zero-order valence-electron chi connectivity index (χ0n) is 12.8. The van der Waals surface area contributed by atoms with Crippen molar-refractivity contribution in [3.8, 4) is 0 Å². The molecule has 0 aromatic heterocycles. The number of ether oxygens (including phenoxy) is 1. The first-order valence-electron chi connectivity index (χ1n) is 7.94. The summed E-state index contributed by atoms with van der Waals surface area (Å²) < 4.78 is 4.53. The fraction of sp³-hybridized carbons (Fsp3) is 0.444. The molecular formula is C18H20BrNO3. The highest BCUT2D eigenvalue weighted by Gasteiger charge is 2.44. The number of nitrogens with one attached hydrogen (secondary N) is 1. The highest BCUT2D eigenvalue weighted by atomic mass is 79.9. The van der Waals surface area contributed by atoms with Gasteiger partial charge in [0, 0.05) is 0 Å². The number of hydrogen-bond donors (Lipinski definition) is 1. The molecule has 0 bridgehead atoms. The minimum absolute atomic E-state index is 0.217. The lowest BCUT2D eigenvalue weighted by atomic mass is 9.80. The molecule has 1 amide bonds. The van der Waals surface area contributed by atoms with Crippen molar-refractivity contribution in [1.29, 1.82) is 0 Å². The average molecular weight is 378 g/mol. The largest absolute Gasteiger partial charge is 0.445 e. The first-order valence-corrected chi connectivity index (χ1v) is 8.73. The summed E-state index contributed by atoms with van der Waals surface area (Å²) in [6.07, 6.45) is 6.50. The normalized spacial score (nSPS) is 29.3. The Labute approximate surface area is 144 Å². The standard InChI is InChI=1S/C18H20BrNO3/c19-18(12-21)10-15-8-4-7-14(15)9-16(18)20-17(22)23-11-13-5-2-1-3-6-13/h1-3,5-6,9,12,15-16H,4,7-8,10-11H2,(H,20,22)/t15-,16-,18+/m0/s1. The summed E-state index contributed by atoms with van der Waals surface area (Å²) in [4.78, 5) is 23.7. The van der Waals surface area contributed by atoms with Gasteiger partial charge in [-0.05, 0) is 37.2 Å². The number of aldehydes is 1. The average Bonchev–Trinajstić information content (AvgIpc) is 3.01. The Morgan fingerprint density at radius 3 is 2.91 bits per heavy atom. The second-order valence-electron chi connectivity index (χ2n) is 6.26. The number of benzene rings is 1. The predicted octanol–water partition coefficient (Wildman–Crippen LogP) is 3.74. The van der Waals surface area contributed by atoms with Gasteiger partial charge in [0.05, 0.1) is 6.04 Å². The summed E-state index contributed by atoms with van der Waals surface area (Å²) in [6, 6.07) is 9.15. The fourth-order valence-electron chi connectivity index (χ4n) is 3.43. The van der Waals surface area contributed by atoms with E-state index in [1.807, 2.05) is 36.4 Å². The van der Waals surface area contributed by atoms with Gasteiger partial charge in [0.15, 0.2) is 0 Å². The molecule has 2 aliphatic carbocycles. The van der Waals surface area contributed by atoms with Gasteiger partial charge in [-0.15, -0.1) is 0 Å². The Bertz CT molecular complexity index is 616. The van der Waals surface area contributed by atoms with Gasteiger partial charge in [0.1, 0.15) is 17.2 Å². The molecule has 122 valence electrons. The highest BCUT2D eigenvalue weighted by molar-refractivity contribution is 9.10. The molecular weight excluding hydrogens is 358 g/mol. The summed E-state index contributed by atoms with van der Waals surface area (Å²) >= 11 is 3.54. The summed E-state index contributed by atoms with van der Waals surface area (Å²) in [6.45, 7) is 0.217. The van der Waals surface area contributed by atoms with Crippen LogP contribution in [0.15, 0.2) is 42.0 Å². The fourth-order valence-corrected chi connectivity index (χ4v) is 4.06. The van der Waals surface area contributed by atoms with Crippen molar-refractivity contribution in [3.05, 3.63) is 47.5 Å². The Hall–Kier alpha value is -1.62. The van der Waals surface area contributed by atoms with Crippen LogP contribution in [0.1, 0.15) is 31.2 Å². The smallest absolute Gasteiger partial charge is 0.407 e. The van der Waals surface area contributed by atoms with Crippen LogP contribution in [0.5, 0.6) is 0 Å². The molecule has 5 heteroatoms. The third-order valence-corrected chi connectivity index (χ3v) is 5.69. The van der Waals surface area contributed by atoms with E-state index in [1.165, 1.54) is 5.57 Å². The molecule has 2 aliphatic rings. The van der Waals surface area contributed by atoms with Crippen LogP contribution in [0, 0.1) is 5.92 Å². The summed E-state index contributed by atoms with van der Waals surface area (Å²) in [5.74, 6) is 0.456. The van der Waals surface area contributed by atoms with Gasteiger partial charge in [0.2, 0.25) is 0 Å². The maximum Gasteiger partial charge on any atom is 0.407 e. The molecule has 3 rings (SSSR count). The van der Waals surface area contributed by atoms with Gasteiger partial charge >= 0.3 is 6.09 Å². The van der Waals surface area contributed by atoms with E-state index in [0.717, 1.165) is 37.5 Å². The number of rotatable bonds is 4. The lowest BCUT2D eigenvalue weighted by molar-refractivity contribution is -0.110. The van der Waals surface area contributed by atoms with Crippen molar-refractivity contribution in [2.75, 3.05) is 0 Å². The Balaban J connectivity index is 1.64. The lowest BCUT2D eigenvalue weighted by Gasteiger charge is -2.36. The maximum absolute atomic E-state index is 12.1. The molecule has 0 unspecified atom stereocenters. The number of alkyl carbamates (subject to hydrolysis) is 1. The first-order chi connectivity index (χ1) is 11.1. The molecule has 1 saturated carbocycles. The molecule has 23 heavy (non-hydrogen) atoms. The number of carbonyl (C=O) groups is 2. The second kappa shape index (κ2) is 6.87. The lowest BCUT2D eigenvalue weighted by Crippen LogP contribution is -2.52. The van der Waals surface area contributed by atoms with Crippen LogP contribution in [0.25, 0.3) is 0 Å². The van der Waals surface area contributed by atoms with Gasteiger partial charge in [-0.1, -0.05) is 57.9 Å². The van der Waals surface area contributed by atoms with Crippen molar-refractivity contribution < 1.29 is 14.3 Å². The zero-order chi connectivity index (χ0) is 16.3. The molecule has 0 aliphatic heterocycles. The number of carbonyl (C=O) groups excluding carboxylic acids is 2. The van der Waals surface area contributed by atoms with Gasteiger partial charge in [-0.3, -0.25) is 0 Å². The molecule has 3 atom stereocenters.